The summed E-state index contributed by atoms with van der Waals surface area (Å²) >= 11 is 0. The Morgan fingerprint density at radius 2 is 2.20 bits per heavy atom. The quantitative estimate of drug-likeness (QED) is 0.550. The van der Waals surface area contributed by atoms with Gasteiger partial charge in [0.05, 0.1) is 6.10 Å². The van der Waals surface area contributed by atoms with Gasteiger partial charge in [0.2, 0.25) is 0 Å². The average molecular weight is 238 g/mol. The average Bonchev–Trinajstić information content (AvgIpc) is 2.63. The van der Waals surface area contributed by atoms with Crippen molar-refractivity contribution in [1.82, 2.24) is 9.44 Å². The summed E-state index contributed by atoms with van der Waals surface area (Å²) in [6.07, 6.45) is -0.215. The number of ether oxygens (including phenoxy) is 1. The Morgan fingerprint density at radius 3 is 2.67 bits per heavy atom. The van der Waals surface area contributed by atoms with E-state index in [4.69, 9.17) is 9.84 Å². The van der Waals surface area contributed by atoms with Crippen LogP contribution in [0.2, 0.25) is 0 Å². The molecule has 1 fully saturated rings. The largest absolute Gasteiger partial charge is 0.479 e. The lowest BCUT2D eigenvalue weighted by molar-refractivity contribution is -0.149. The van der Waals surface area contributed by atoms with Crippen molar-refractivity contribution in [1.29, 1.82) is 0 Å². The molecule has 0 aromatic rings. The maximum Gasteiger partial charge on any atom is 0.332 e. The number of rotatable bonds is 5. The number of carbonyl (C=O) groups is 1. The lowest BCUT2D eigenvalue weighted by Gasteiger charge is -2.11. The van der Waals surface area contributed by atoms with E-state index in [2.05, 4.69) is 9.44 Å². The Morgan fingerprint density at radius 1 is 1.53 bits per heavy atom. The van der Waals surface area contributed by atoms with Crippen LogP contribution in [0.25, 0.3) is 0 Å². The molecule has 7 nitrogen and oxygen atoms in total. The van der Waals surface area contributed by atoms with E-state index < -0.39 is 22.3 Å². The van der Waals surface area contributed by atoms with E-state index in [1.54, 1.807) is 0 Å². The number of carboxylic acids is 1. The van der Waals surface area contributed by atoms with Gasteiger partial charge < -0.3 is 9.84 Å². The Hall–Kier alpha value is -0.700. The molecule has 0 bridgehead atoms. The van der Waals surface area contributed by atoms with E-state index >= 15 is 0 Å². The zero-order chi connectivity index (χ0) is 11.5. The van der Waals surface area contributed by atoms with Gasteiger partial charge in [-0.2, -0.15) is 13.1 Å². The van der Waals surface area contributed by atoms with Gasteiger partial charge in [-0.1, -0.05) is 0 Å². The van der Waals surface area contributed by atoms with Crippen LogP contribution < -0.4 is 9.44 Å². The molecule has 1 aliphatic rings. The number of hydrogen-bond acceptors (Lipinski definition) is 4. The molecule has 1 heterocycles. The third-order valence-electron chi connectivity index (χ3n) is 2.15. The number of nitrogens with one attached hydrogen (secondary N) is 2. The molecule has 15 heavy (non-hydrogen) atoms. The van der Waals surface area contributed by atoms with E-state index in [0.29, 0.717) is 12.8 Å². The molecule has 1 aliphatic heterocycles. The van der Waals surface area contributed by atoms with Gasteiger partial charge in [-0.25, -0.2) is 9.52 Å². The molecule has 0 saturated carbocycles. The molecule has 0 spiro atoms. The van der Waals surface area contributed by atoms with Gasteiger partial charge in [0.25, 0.3) is 10.2 Å². The minimum absolute atomic E-state index is 0.0902. The van der Waals surface area contributed by atoms with Gasteiger partial charge in [0, 0.05) is 13.6 Å². The van der Waals surface area contributed by atoms with E-state index in [1.807, 2.05) is 0 Å². The number of carboxylic acid groups (broad SMARTS) is 1. The maximum absolute atomic E-state index is 11.0. The van der Waals surface area contributed by atoms with Crippen molar-refractivity contribution < 1.29 is 23.1 Å². The van der Waals surface area contributed by atoms with Gasteiger partial charge in [-0.15, -0.1) is 0 Å². The third-order valence-corrected chi connectivity index (χ3v) is 3.24. The normalized spacial score (nSPS) is 26.7. The summed E-state index contributed by atoms with van der Waals surface area (Å²) in [5, 5.41) is 8.63. The lowest BCUT2D eigenvalue weighted by Crippen LogP contribution is -2.39. The van der Waals surface area contributed by atoms with Crippen LogP contribution in [0.15, 0.2) is 0 Å². The molecule has 2 unspecified atom stereocenters. The predicted molar refractivity (Wildman–Crippen MR) is 51.5 cm³/mol. The summed E-state index contributed by atoms with van der Waals surface area (Å²) in [5.74, 6) is -1.01. The SMILES string of the molecule is CNS(=O)(=O)NCC1CCC(C(=O)O)O1. The summed E-state index contributed by atoms with van der Waals surface area (Å²) in [6, 6.07) is 0. The fraction of sp³-hybridized carbons (Fsp3) is 0.857. The first kappa shape index (κ1) is 12.4. The molecule has 88 valence electrons. The highest BCUT2D eigenvalue weighted by Gasteiger charge is 2.30. The van der Waals surface area contributed by atoms with Crippen LogP contribution in [0.1, 0.15) is 12.8 Å². The molecule has 0 aliphatic carbocycles. The molecule has 1 saturated heterocycles. The Labute approximate surface area is 88.0 Å². The summed E-state index contributed by atoms with van der Waals surface area (Å²) in [6.45, 7) is 0.0902. The second-order valence-corrected chi connectivity index (χ2v) is 4.92. The molecular weight excluding hydrogens is 224 g/mol. The summed E-state index contributed by atoms with van der Waals surface area (Å²) in [4.78, 5) is 10.5. The minimum Gasteiger partial charge on any atom is -0.479 e. The molecule has 0 aromatic heterocycles. The Bertz CT molecular complexity index is 328. The molecule has 0 radical (unpaired) electrons. The van der Waals surface area contributed by atoms with Crippen LogP contribution in [0.4, 0.5) is 0 Å². The molecule has 3 N–H and O–H groups in total. The van der Waals surface area contributed by atoms with Crippen LogP contribution in [0.5, 0.6) is 0 Å². The zero-order valence-corrected chi connectivity index (χ0v) is 9.08. The molecule has 8 heteroatoms. The second-order valence-electron chi connectivity index (χ2n) is 3.22. The van der Waals surface area contributed by atoms with E-state index in [0.717, 1.165) is 0 Å². The van der Waals surface area contributed by atoms with E-state index in [9.17, 15) is 13.2 Å². The lowest BCUT2D eigenvalue weighted by atomic mass is 10.2. The first-order valence-corrected chi connectivity index (χ1v) is 5.99. The smallest absolute Gasteiger partial charge is 0.332 e. The van der Waals surface area contributed by atoms with Gasteiger partial charge in [-0.3, -0.25) is 0 Å². The maximum atomic E-state index is 11.0. The highest BCUT2D eigenvalue weighted by atomic mass is 32.2. The standard InChI is InChI=1S/C7H14N2O5S/c1-8-15(12,13)9-4-5-2-3-6(14-5)7(10)11/h5-6,8-9H,2-4H2,1H3,(H,10,11). The third kappa shape index (κ3) is 3.74. The van der Waals surface area contributed by atoms with Gasteiger partial charge in [-0.05, 0) is 12.8 Å². The first-order chi connectivity index (χ1) is 6.94. The number of aliphatic carboxylic acids is 1. The van der Waals surface area contributed by atoms with Gasteiger partial charge in [0.1, 0.15) is 0 Å². The zero-order valence-electron chi connectivity index (χ0n) is 8.26. The fourth-order valence-electron chi connectivity index (χ4n) is 1.31. The van der Waals surface area contributed by atoms with Crippen LogP contribution in [-0.4, -0.2) is 45.3 Å². The highest BCUT2D eigenvalue weighted by molar-refractivity contribution is 7.87. The second kappa shape index (κ2) is 4.88. The van der Waals surface area contributed by atoms with Crippen LogP contribution in [0.3, 0.4) is 0 Å². The fourth-order valence-corrected chi connectivity index (χ4v) is 1.86. The number of hydrogen-bond donors (Lipinski definition) is 3. The first-order valence-electron chi connectivity index (χ1n) is 4.51. The molecule has 1 rings (SSSR count). The van der Waals surface area contributed by atoms with Crippen LogP contribution in [0, 0.1) is 0 Å². The van der Waals surface area contributed by atoms with Crippen LogP contribution in [-0.2, 0) is 19.7 Å². The van der Waals surface area contributed by atoms with Crippen molar-refractivity contribution in [2.45, 2.75) is 25.0 Å². The summed E-state index contributed by atoms with van der Waals surface area (Å²) < 4.78 is 31.4. The summed E-state index contributed by atoms with van der Waals surface area (Å²) in [5.41, 5.74) is 0. The molecule has 0 aromatic carbocycles. The Kier molecular flexibility index (Phi) is 4.03. The van der Waals surface area contributed by atoms with Crippen LogP contribution >= 0.6 is 0 Å². The predicted octanol–water partition coefficient (Wildman–Crippen LogP) is -1.33. The highest BCUT2D eigenvalue weighted by Crippen LogP contribution is 2.19. The van der Waals surface area contributed by atoms with E-state index in [-0.39, 0.29) is 12.6 Å². The molecule has 0 amide bonds. The van der Waals surface area contributed by atoms with E-state index in [1.165, 1.54) is 7.05 Å². The van der Waals surface area contributed by atoms with Crippen molar-refractivity contribution in [2.24, 2.45) is 0 Å². The van der Waals surface area contributed by atoms with Gasteiger partial charge in [0.15, 0.2) is 6.10 Å². The topological polar surface area (TPSA) is 105 Å². The molecular formula is C7H14N2O5S. The molecule has 2 atom stereocenters. The monoisotopic (exact) mass is 238 g/mol. The van der Waals surface area contributed by atoms with Crippen molar-refractivity contribution in [2.75, 3.05) is 13.6 Å². The van der Waals surface area contributed by atoms with Gasteiger partial charge >= 0.3 is 5.97 Å². The van der Waals surface area contributed by atoms with Crippen molar-refractivity contribution in [3.8, 4) is 0 Å². The van der Waals surface area contributed by atoms with Crippen molar-refractivity contribution in [3.63, 3.8) is 0 Å². The minimum atomic E-state index is -3.47. The van der Waals surface area contributed by atoms with Crippen molar-refractivity contribution >= 4 is 16.2 Å². The summed E-state index contributed by atoms with van der Waals surface area (Å²) in [7, 11) is -2.18. The Balaban J connectivity index is 2.34. The van der Waals surface area contributed by atoms with Crippen molar-refractivity contribution in [3.05, 3.63) is 0 Å².